The van der Waals surface area contributed by atoms with Gasteiger partial charge in [0.05, 0.1) is 23.1 Å². The second kappa shape index (κ2) is 7.75. The minimum absolute atomic E-state index is 0.0708. The SMILES string of the molecule is CCOC(=O)c1nc2n(n1)[C@H](C(C)C)C[C@H]2OC(=O)c1ccc([N+](=O)[O-])cc1. The Morgan fingerprint density at radius 1 is 1.29 bits per heavy atom. The van der Waals surface area contributed by atoms with Gasteiger partial charge >= 0.3 is 11.9 Å². The van der Waals surface area contributed by atoms with E-state index in [1.54, 1.807) is 11.6 Å². The molecule has 0 fully saturated rings. The van der Waals surface area contributed by atoms with Gasteiger partial charge in [-0.2, -0.15) is 0 Å². The van der Waals surface area contributed by atoms with E-state index < -0.39 is 23.0 Å². The second-order valence-corrected chi connectivity index (χ2v) is 6.70. The number of benzene rings is 1. The van der Waals surface area contributed by atoms with E-state index in [1.807, 2.05) is 13.8 Å². The van der Waals surface area contributed by atoms with Gasteiger partial charge in [0.2, 0.25) is 0 Å². The first-order valence-electron chi connectivity index (χ1n) is 8.90. The van der Waals surface area contributed by atoms with Crippen LogP contribution in [0.15, 0.2) is 24.3 Å². The Balaban J connectivity index is 1.82. The van der Waals surface area contributed by atoms with Gasteiger partial charge in [0, 0.05) is 18.6 Å². The third-order valence-corrected chi connectivity index (χ3v) is 4.51. The molecule has 3 rings (SSSR count). The Labute approximate surface area is 160 Å². The van der Waals surface area contributed by atoms with E-state index in [0.29, 0.717) is 12.2 Å². The highest BCUT2D eigenvalue weighted by atomic mass is 16.6. The maximum absolute atomic E-state index is 12.5. The molecular formula is C18H20N4O6. The summed E-state index contributed by atoms with van der Waals surface area (Å²) in [7, 11) is 0. The molecule has 1 aromatic heterocycles. The molecule has 0 saturated carbocycles. The maximum Gasteiger partial charge on any atom is 0.378 e. The van der Waals surface area contributed by atoms with E-state index in [1.165, 1.54) is 24.3 Å². The maximum atomic E-state index is 12.5. The van der Waals surface area contributed by atoms with Gasteiger partial charge in [-0.15, -0.1) is 5.10 Å². The van der Waals surface area contributed by atoms with Crippen molar-refractivity contribution in [3.8, 4) is 0 Å². The first kappa shape index (κ1) is 19.5. The van der Waals surface area contributed by atoms with Crippen LogP contribution in [0.3, 0.4) is 0 Å². The van der Waals surface area contributed by atoms with Crippen molar-refractivity contribution >= 4 is 17.6 Å². The van der Waals surface area contributed by atoms with Crippen LogP contribution in [0.5, 0.6) is 0 Å². The summed E-state index contributed by atoms with van der Waals surface area (Å²) in [5.74, 6) is -0.766. The van der Waals surface area contributed by atoms with Crippen molar-refractivity contribution in [3.05, 3.63) is 51.6 Å². The largest absolute Gasteiger partial charge is 0.460 e. The first-order valence-corrected chi connectivity index (χ1v) is 8.90. The van der Waals surface area contributed by atoms with E-state index in [4.69, 9.17) is 9.47 Å². The zero-order valence-corrected chi connectivity index (χ0v) is 15.7. The molecule has 2 heterocycles. The number of ether oxygens (including phenoxy) is 2. The molecule has 1 aliphatic rings. The van der Waals surface area contributed by atoms with Gasteiger partial charge in [-0.1, -0.05) is 13.8 Å². The van der Waals surface area contributed by atoms with E-state index in [9.17, 15) is 19.7 Å². The lowest BCUT2D eigenvalue weighted by Crippen LogP contribution is -2.15. The van der Waals surface area contributed by atoms with Gasteiger partial charge in [-0.25, -0.2) is 19.3 Å². The van der Waals surface area contributed by atoms with Crippen molar-refractivity contribution in [3.63, 3.8) is 0 Å². The molecule has 1 aliphatic heterocycles. The van der Waals surface area contributed by atoms with E-state index in [0.717, 1.165) is 0 Å². The van der Waals surface area contributed by atoms with Crippen molar-refractivity contribution in [2.75, 3.05) is 6.61 Å². The van der Waals surface area contributed by atoms with Crippen LogP contribution >= 0.6 is 0 Å². The third kappa shape index (κ3) is 3.71. The molecule has 28 heavy (non-hydrogen) atoms. The molecule has 2 atom stereocenters. The van der Waals surface area contributed by atoms with Crippen LogP contribution in [-0.2, 0) is 9.47 Å². The molecule has 2 aromatic rings. The predicted octanol–water partition coefficient (Wildman–Crippen LogP) is 2.86. The number of aromatic nitrogens is 3. The summed E-state index contributed by atoms with van der Waals surface area (Å²) >= 11 is 0. The van der Waals surface area contributed by atoms with E-state index in [2.05, 4.69) is 10.1 Å². The predicted molar refractivity (Wildman–Crippen MR) is 95.7 cm³/mol. The Morgan fingerprint density at radius 3 is 2.54 bits per heavy atom. The van der Waals surface area contributed by atoms with Crippen LogP contribution in [0, 0.1) is 16.0 Å². The molecule has 0 amide bonds. The number of esters is 2. The fourth-order valence-electron chi connectivity index (χ4n) is 3.08. The minimum Gasteiger partial charge on any atom is -0.460 e. The van der Waals surface area contributed by atoms with Gasteiger partial charge in [0.1, 0.15) is 0 Å². The number of hydrogen-bond donors (Lipinski definition) is 0. The number of carbonyl (C=O) groups is 2. The topological polar surface area (TPSA) is 126 Å². The second-order valence-electron chi connectivity index (χ2n) is 6.70. The molecular weight excluding hydrogens is 368 g/mol. The van der Waals surface area contributed by atoms with Crippen LogP contribution < -0.4 is 0 Å². The number of carbonyl (C=O) groups excluding carboxylic acids is 2. The molecule has 0 aliphatic carbocycles. The lowest BCUT2D eigenvalue weighted by Gasteiger charge is -2.16. The molecule has 0 unspecified atom stereocenters. The first-order chi connectivity index (χ1) is 13.3. The number of nitrogens with zero attached hydrogens (tertiary/aromatic N) is 4. The summed E-state index contributed by atoms with van der Waals surface area (Å²) in [5, 5.41) is 15.0. The van der Waals surface area contributed by atoms with Crippen molar-refractivity contribution in [1.82, 2.24) is 14.8 Å². The van der Waals surface area contributed by atoms with Crippen molar-refractivity contribution < 1.29 is 24.0 Å². The molecule has 10 heteroatoms. The lowest BCUT2D eigenvalue weighted by molar-refractivity contribution is -0.384. The van der Waals surface area contributed by atoms with Gasteiger partial charge in [-0.05, 0) is 25.0 Å². The minimum atomic E-state index is -0.675. The van der Waals surface area contributed by atoms with Crippen LogP contribution in [0.25, 0.3) is 0 Å². The Morgan fingerprint density at radius 2 is 1.96 bits per heavy atom. The van der Waals surface area contributed by atoms with Crippen molar-refractivity contribution in [2.45, 2.75) is 39.3 Å². The highest BCUT2D eigenvalue weighted by Crippen LogP contribution is 2.39. The number of rotatable bonds is 6. The third-order valence-electron chi connectivity index (χ3n) is 4.51. The van der Waals surface area contributed by atoms with E-state index >= 15 is 0 Å². The number of hydrogen-bond acceptors (Lipinski definition) is 8. The zero-order valence-electron chi connectivity index (χ0n) is 15.7. The van der Waals surface area contributed by atoms with Gasteiger partial charge in [-0.3, -0.25) is 10.1 Å². The average molecular weight is 388 g/mol. The fourth-order valence-corrected chi connectivity index (χ4v) is 3.08. The summed E-state index contributed by atoms with van der Waals surface area (Å²) in [6.07, 6.45) is -0.194. The van der Waals surface area contributed by atoms with Crippen molar-refractivity contribution in [2.24, 2.45) is 5.92 Å². The molecule has 0 saturated heterocycles. The lowest BCUT2D eigenvalue weighted by atomic mass is 10.0. The highest BCUT2D eigenvalue weighted by molar-refractivity contribution is 5.89. The summed E-state index contributed by atoms with van der Waals surface area (Å²) in [6.45, 7) is 5.89. The molecule has 1 aromatic carbocycles. The highest BCUT2D eigenvalue weighted by Gasteiger charge is 2.39. The molecule has 0 spiro atoms. The Bertz CT molecular complexity index is 905. The van der Waals surface area contributed by atoms with Crippen LogP contribution in [-0.4, -0.2) is 38.2 Å². The zero-order chi connectivity index (χ0) is 20.4. The van der Waals surface area contributed by atoms with Gasteiger partial charge < -0.3 is 9.47 Å². The summed E-state index contributed by atoms with van der Waals surface area (Å²) in [4.78, 5) is 38.8. The number of nitro benzene ring substituents is 1. The van der Waals surface area contributed by atoms with Crippen LogP contribution in [0.2, 0.25) is 0 Å². The molecule has 148 valence electrons. The van der Waals surface area contributed by atoms with Gasteiger partial charge in [0.25, 0.3) is 11.5 Å². The number of fused-ring (bicyclic) bond motifs is 1. The number of nitro groups is 1. The molecule has 10 nitrogen and oxygen atoms in total. The standard InChI is InChI=1S/C18H20N4O6/c1-4-27-18(24)15-19-16-14(9-13(10(2)3)21(16)20-15)28-17(23)11-5-7-12(8-6-11)22(25)26/h5-8,10,13-14H,4,9H2,1-3H3/t13-,14+/m0/s1. The summed E-state index contributed by atoms with van der Waals surface area (Å²) < 4.78 is 12.1. The van der Waals surface area contributed by atoms with E-state index in [-0.39, 0.29) is 35.6 Å². The van der Waals surface area contributed by atoms with Gasteiger partial charge in [0.15, 0.2) is 11.9 Å². The average Bonchev–Trinajstić information content (AvgIpc) is 3.22. The summed E-state index contributed by atoms with van der Waals surface area (Å²) in [5.41, 5.74) is 0.0754. The molecule has 0 radical (unpaired) electrons. The monoisotopic (exact) mass is 388 g/mol. The molecule has 0 bridgehead atoms. The smallest absolute Gasteiger partial charge is 0.378 e. The summed E-state index contributed by atoms with van der Waals surface area (Å²) in [6, 6.07) is 5.07. The Kier molecular flexibility index (Phi) is 5.39. The van der Waals surface area contributed by atoms with Crippen LogP contribution in [0.4, 0.5) is 5.69 Å². The fraction of sp³-hybridized carbons (Fsp3) is 0.444. The normalized spacial score (nSPS) is 18.0. The molecule has 0 N–H and O–H groups in total. The Hall–Kier alpha value is -3.30. The van der Waals surface area contributed by atoms with Crippen LogP contribution in [0.1, 0.15) is 66.1 Å². The van der Waals surface area contributed by atoms with Crippen molar-refractivity contribution in [1.29, 1.82) is 0 Å². The number of non-ortho nitro benzene ring substituents is 1. The quantitative estimate of drug-likeness (QED) is 0.420.